The van der Waals surface area contributed by atoms with E-state index in [1.807, 2.05) is 0 Å². The highest BCUT2D eigenvalue weighted by atomic mass is 32.1. The Kier molecular flexibility index (Phi) is 4.33. The fourth-order valence-corrected chi connectivity index (χ4v) is 3.67. The molecule has 1 aliphatic heterocycles. The van der Waals surface area contributed by atoms with E-state index in [9.17, 15) is 19.1 Å². The van der Waals surface area contributed by atoms with Crippen LogP contribution < -0.4 is 5.32 Å². The molecule has 136 valence electrons. The number of phenols is 1. The number of thiazole rings is 1. The van der Waals surface area contributed by atoms with Crippen LogP contribution in [-0.2, 0) is 11.3 Å². The van der Waals surface area contributed by atoms with Gasteiger partial charge >= 0.3 is 0 Å². The Hall–Kier alpha value is -3.26. The van der Waals surface area contributed by atoms with Gasteiger partial charge in [0, 0.05) is 29.2 Å². The number of hydrogen-bond acceptors (Lipinski definition) is 5. The Bertz CT molecular complexity index is 1020. The van der Waals surface area contributed by atoms with Crippen molar-refractivity contribution in [3.8, 4) is 5.75 Å². The molecular formula is C19H14FN3O3S. The van der Waals surface area contributed by atoms with Crippen LogP contribution in [0, 0.1) is 5.82 Å². The highest BCUT2D eigenvalue weighted by Gasteiger charge is 2.38. The Morgan fingerprint density at radius 2 is 2.11 bits per heavy atom. The van der Waals surface area contributed by atoms with Crippen LogP contribution in [0.1, 0.15) is 27.5 Å². The molecule has 2 aromatic carbocycles. The number of carbonyl (C=O) groups is 2. The minimum Gasteiger partial charge on any atom is -0.508 e. The maximum atomic E-state index is 13.8. The van der Waals surface area contributed by atoms with Gasteiger partial charge in [-0.3, -0.25) is 14.9 Å². The second-order valence-corrected chi connectivity index (χ2v) is 6.92. The molecule has 0 spiro atoms. The standard InChI is InChI=1S/C19H14FN3O3S/c20-12-5-6-15(24)14(9-12)16(17(25)22-19-21-7-8-27-19)23-10-11-3-1-2-4-13(11)18(23)26/h1-9,16,24H,10H2,(H,21,22,25). The zero-order valence-electron chi connectivity index (χ0n) is 13.9. The van der Waals surface area contributed by atoms with Gasteiger partial charge in [-0.2, -0.15) is 0 Å². The van der Waals surface area contributed by atoms with Crippen LogP contribution in [0.4, 0.5) is 9.52 Å². The molecule has 3 aromatic rings. The van der Waals surface area contributed by atoms with Crippen LogP contribution >= 0.6 is 11.3 Å². The summed E-state index contributed by atoms with van der Waals surface area (Å²) in [5, 5.41) is 14.9. The quantitative estimate of drug-likeness (QED) is 0.724. The van der Waals surface area contributed by atoms with Crippen LogP contribution in [0.15, 0.2) is 54.0 Å². The predicted molar refractivity (Wildman–Crippen MR) is 97.9 cm³/mol. The molecule has 8 heteroatoms. The largest absolute Gasteiger partial charge is 0.508 e. The van der Waals surface area contributed by atoms with Crippen molar-refractivity contribution < 1.29 is 19.1 Å². The molecule has 1 unspecified atom stereocenters. The second-order valence-electron chi connectivity index (χ2n) is 6.02. The van der Waals surface area contributed by atoms with Gasteiger partial charge in [-0.1, -0.05) is 18.2 Å². The Morgan fingerprint density at radius 1 is 1.30 bits per heavy atom. The van der Waals surface area contributed by atoms with Crippen LogP contribution in [-0.4, -0.2) is 26.8 Å². The number of nitrogens with zero attached hydrogens (tertiary/aromatic N) is 2. The van der Waals surface area contributed by atoms with E-state index in [1.54, 1.807) is 29.6 Å². The lowest BCUT2D eigenvalue weighted by molar-refractivity contribution is -0.120. The first kappa shape index (κ1) is 17.2. The molecule has 1 aliphatic rings. The summed E-state index contributed by atoms with van der Waals surface area (Å²) in [7, 11) is 0. The number of anilines is 1. The number of phenolic OH excluding ortho intramolecular Hbond substituents is 1. The van der Waals surface area contributed by atoms with Crippen molar-refractivity contribution in [2.45, 2.75) is 12.6 Å². The third-order valence-corrected chi connectivity index (χ3v) is 5.04. The monoisotopic (exact) mass is 383 g/mol. The number of amides is 2. The minimum atomic E-state index is -1.20. The average Bonchev–Trinajstić information content (AvgIpc) is 3.27. The second kappa shape index (κ2) is 6.81. The van der Waals surface area contributed by atoms with Gasteiger partial charge in [-0.05, 0) is 29.8 Å². The summed E-state index contributed by atoms with van der Waals surface area (Å²) in [6, 6.07) is 9.15. The fraction of sp³-hybridized carbons (Fsp3) is 0.105. The number of nitrogens with one attached hydrogen (secondary N) is 1. The lowest BCUT2D eigenvalue weighted by Gasteiger charge is -2.27. The Balaban J connectivity index is 1.76. The van der Waals surface area contributed by atoms with E-state index >= 15 is 0 Å². The third-order valence-electron chi connectivity index (χ3n) is 4.36. The predicted octanol–water partition coefficient (Wildman–Crippen LogP) is 3.32. The molecule has 4 rings (SSSR count). The molecule has 0 saturated heterocycles. The first-order valence-electron chi connectivity index (χ1n) is 8.12. The van der Waals surface area contributed by atoms with E-state index in [4.69, 9.17) is 0 Å². The van der Waals surface area contributed by atoms with Gasteiger partial charge in [0.1, 0.15) is 17.6 Å². The molecule has 6 nitrogen and oxygen atoms in total. The lowest BCUT2D eigenvalue weighted by Crippen LogP contribution is -2.37. The van der Waals surface area contributed by atoms with Crippen molar-refractivity contribution in [2.75, 3.05) is 5.32 Å². The van der Waals surface area contributed by atoms with E-state index < -0.39 is 17.8 Å². The number of hydrogen-bond donors (Lipinski definition) is 2. The smallest absolute Gasteiger partial charge is 0.255 e. The molecule has 0 fully saturated rings. The number of halogens is 1. The van der Waals surface area contributed by atoms with E-state index in [0.29, 0.717) is 10.7 Å². The van der Waals surface area contributed by atoms with E-state index in [-0.39, 0.29) is 23.8 Å². The summed E-state index contributed by atoms with van der Waals surface area (Å²) in [6.45, 7) is 0.181. The molecule has 27 heavy (non-hydrogen) atoms. The number of fused-ring (bicyclic) bond motifs is 1. The zero-order valence-corrected chi connectivity index (χ0v) is 14.7. The van der Waals surface area contributed by atoms with Gasteiger partial charge in [0.15, 0.2) is 5.13 Å². The van der Waals surface area contributed by atoms with Crippen molar-refractivity contribution in [1.29, 1.82) is 0 Å². The molecule has 0 aliphatic carbocycles. The molecular weight excluding hydrogens is 369 g/mol. The number of aromatic nitrogens is 1. The van der Waals surface area contributed by atoms with E-state index in [2.05, 4.69) is 10.3 Å². The maximum absolute atomic E-state index is 13.8. The normalized spacial score (nSPS) is 14.1. The van der Waals surface area contributed by atoms with E-state index in [1.165, 1.54) is 28.5 Å². The first-order chi connectivity index (χ1) is 13.0. The van der Waals surface area contributed by atoms with Crippen LogP contribution in [0.2, 0.25) is 0 Å². The molecule has 2 heterocycles. The van der Waals surface area contributed by atoms with Crippen molar-refractivity contribution in [2.24, 2.45) is 0 Å². The topological polar surface area (TPSA) is 82.5 Å². The van der Waals surface area contributed by atoms with Crippen molar-refractivity contribution in [3.63, 3.8) is 0 Å². The number of rotatable bonds is 4. The van der Waals surface area contributed by atoms with Crippen LogP contribution in [0.5, 0.6) is 5.75 Å². The number of aromatic hydroxyl groups is 1. The van der Waals surface area contributed by atoms with Gasteiger partial charge in [-0.25, -0.2) is 9.37 Å². The maximum Gasteiger partial charge on any atom is 0.255 e. The molecule has 0 saturated carbocycles. The summed E-state index contributed by atoms with van der Waals surface area (Å²) in [6.07, 6.45) is 1.53. The van der Waals surface area contributed by atoms with Crippen LogP contribution in [0.25, 0.3) is 0 Å². The lowest BCUT2D eigenvalue weighted by atomic mass is 10.0. The average molecular weight is 383 g/mol. The summed E-state index contributed by atoms with van der Waals surface area (Å²) in [5.41, 5.74) is 1.27. The highest BCUT2D eigenvalue weighted by Crippen LogP contribution is 2.36. The SMILES string of the molecule is O=C(Nc1nccs1)C(c1cc(F)ccc1O)N1Cc2ccccc2C1=O. The number of carbonyl (C=O) groups excluding carboxylic acids is 2. The van der Waals surface area contributed by atoms with E-state index in [0.717, 1.165) is 17.7 Å². The van der Waals surface area contributed by atoms with Crippen molar-refractivity contribution in [1.82, 2.24) is 9.88 Å². The summed E-state index contributed by atoms with van der Waals surface area (Å²) >= 11 is 1.22. The summed E-state index contributed by atoms with van der Waals surface area (Å²) in [4.78, 5) is 31.2. The van der Waals surface area contributed by atoms with Gasteiger partial charge in [0.25, 0.3) is 11.8 Å². The zero-order chi connectivity index (χ0) is 19.0. The molecule has 0 radical (unpaired) electrons. The Morgan fingerprint density at radius 3 is 2.85 bits per heavy atom. The van der Waals surface area contributed by atoms with Crippen molar-refractivity contribution in [3.05, 3.63) is 76.5 Å². The fourth-order valence-electron chi connectivity index (χ4n) is 3.14. The summed E-state index contributed by atoms with van der Waals surface area (Å²) < 4.78 is 13.8. The summed E-state index contributed by atoms with van der Waals surface area (Å²) in [5.74, 6) is -1.81. The van der Waals surface area contributed by atoms with Gasteiger partial charge in [0.05, 0.1) is 0 Å². The van der Waals surface area contributed by atoms with Crippen molar-refractivity contribution >= 4 is 28.3 Å². The highest BCUT2D eigenvalue weighted by molar-refractivity contribution is 7.13. The molecule has 2 amide bonds. The van der Waals surface area contributed by atoms with Gasteiger partial charge < -0.3 is 10.0 Å². The van der Waals surface area contributed by atoms with Gasteiger partial charge in [0.2, 0.25) is 0 Å². The first-order valence-corrected chi connectivity index (χ1v) is 9.00. The minimum absolute atomic E-state index is 0.0187. The molecule has 2 N–H and O–H groups in total. The number of benzene rings is 2. The molecule has 1 aromatic heterocycles. The van der Waals surface area contributed by atoms with Gasteiger partial charge in [-0.15, -0.1) is 11.3 Å². The third kappa shape index (κ3) is 3.15. The molecule has 0 bridgehead atoms. The molecule has 1 atom stereocenters. The van der Waals surface area contributed by atoms with Crippen LogP contribution in [0.3, 0.4) is 0 Å². The Labute approximate surface area is 157 Å².